The summed E-state index contributed by atoms with van der Waals surface area (Å²) in [5.74, 6) is 1.35. The minimum atomic E-state index is 0.0475. The van der Waals surface area contributed by atoms with Crippen molar-refractivity contribution in [3.05, 3.63) is 40.1 Å². The molecule has 2 saturated carbocycles. The highest BCUT2D eigenvalue weighted by molar-refractivity contribution is 9.10. The van der Waals surface area contributed by atoms with Crippen LogP contribution in [0.2, 0.25) is 0 Å². The summed E-state index contributed by atoms with van der Waals surface area (Å²) in [6.45, 7) is 4.74. The lowest BCUT2D eigenvalue weighted by Gasteiger charge is -2.34. The fourth-order valence-corrected chi connectivity index (χ4v) is 4.15. The average molecular weight is 430 g/mol. The Kier molecular flexibility index (Phi) is 4.52. The molecule has 0 unspecified atom stereocenters. The van der Waals surface area contributed by atoms with Crippen molar-refractivity contribution in [3.63, 3.8) is 0 Å². The van der Waals surface area contributed by atoms with E-state index >= 15 is 0 Å². The first-order valence-electron chi connectivity index (χ1n) is 9.92. The second kappa shape index (κ2) is 7.02. The van der Waals surface area contributed by atoms with Gasteiger partial charge in [0.2, 0.25) is 0 Å². The Hall–Kier alpha value is -1.73. The number of carbonyl (C=O) groups is 1. The summed E-state index contributed by atoms with van der Waals surface area (Å²) in [5, 5.41) is 8.67. The number of benzene rings is 1. The third kappa shape index (κ3) is 3.67. The SMILES string of the molecule is O=C(c1nnn(-c2ccc(Br)cc2)c1C1CC1)N1CCN(CC2CC2)CC1. The van der Waals surface area contributed by atoms with Gasteiger partial charge in [0.15, 0.2) is 5.69 Å². The summed E-state index contributed by atoms with van der Waals surface area (Å²) in [7, 11) is 0. The molecule has 27 heavy (non-hydrogen) atoms. The topological polar surface area (TPSA) is 54.3 Å². The lowest BCUT2D eigenvalue weighted by atomic mass is 10.1. The maximum Gasteiger partial charge on any atom is 0.276 e. The Labute approximate surface area is 167 Å². The van der Waals surface area contributed by atoms with Crippen LogP contribution in [0, 0.1) is 5.92 Å². The molecular weight excluding hydrogens is 406 g/mol. The Morgan fingerprint density at radius 3 is 2.37 bits per heavy atom. The lowest BCUT2D eigenvalue weighted by Crippen LogP contribution is -2.49. The van der Waals surface area contributed by atoms with Gasteiger partial charge in [-0.05, 0) is 55.9 Å². The summed E-state index contributed by atoms with van der Waals surface area (Å²) in [5.41, 5.74) is 2.50. The van der Waals surface area contributed by atoms with E-state index in [9.17, 15) is 4.79 Å². The highest BCUT2D eigenvalue weighted by Crippen LogP contribution is 2.42. The average Bonchev–Trinajstić information content (AvgIpc) is 3.62. The van der Waals surface area contributed by atoms with Gasteiger partial charge in [0.1, 0.15) is 0 Å². The van der Waals surface area contributed by atoms with Gasteiger partial charge in [-0.2, -0.15) is 0 Å². The summed E-state index contributed by atoms with van der Waals surface area (Å²) in [4.78, 5) is 17.6. The molecule has 1 aromatic carbocycles. The van der Waals surface area contributed by atoms with Crippen LogP contribution in [-0.4, -0.2) is 63.4 Å². The Bertz CT molecular complexity index is 833. The maximum atomic E-state index is 13.2. The first-order valence-corrected chi connectivity index (χ1v) is 10.7. The zero-order valence-electron chi connectivity index (χ0n) is 15.4. The molecule has 3 fully saturated rings. The van der Waals surface area contributed by atoms with E-state index in [1.165, 1.54) is 19.4 Å². The number of rotatable bonds is 5. The zero-order chi connectivity index (χ0) is 18.4. The van der Waals surface area contributed by atoms with Gasteiger partial charge >= 0.3 is 0 Å². The van der Waals surface area contributed by atoms with E-state index in [4.69, 9.17) is 0 Å². The van der Waals surface area contributed by atoms with Crippen LogP contribution in [0.1, 0.15) is 47.8 Å². The number of carbonyl (C=O) groups excluding carboxylic acids is 1. The third-order valence-corrected chi connectivity index (χ3v) is 6.34. The van der Waals surface area contributed by atoms with E-state index in [-0.39, 0.29) is 5.91 Å². The van der Waals surface area contributed by atoms with E-state index in [1.807, 2.05) is 33.8 Å². The number of halogens is 1. The second-order valence-corrected chi connectivity index (χ2v) is 8.94. The van der Waals surface area contributed by atoms with E-state index in [2.05, 4.69) is 31.1 Å². The molecule has 5 rings (SSSR count). The molecule has 3 aliphatic rings. The molecule has 142 valence electrons. The summed E-state index contributed by atoms with van der Waals surface area (Å²) < 4.78 is 2.89. The van der Waals surface area contributed by atoms with Gasteiger partial charge < -0.3 is 4.90 Å². The van der Waals surface area contributed by atoms with E-state index in [0.29, 0.717) is 11.6 Å². The van der Waals surface area contributed by atoms with E-state index < -0.39 is 0 Å². The Morgan fingerprint density at radius 2 is 1.74 bits per heavy atom. The Balaban J connectivity index is 1.35. The normalized spacial score (nSPS) is 20.9. The van der Waals surface area contributed by atoms with Crippen LogP contribution in [0.25, 0.3) is 5.69 Å². The van der Waals surface area contributed by atoms with Gasteiger partial charge in [0.05, 0.1) is 11.4 Å². The fourth-order valence-electron chi connectivity index (χ4n) is 3.89. The maximum absolute atomic E-state index is 13.2. The molecule has 1 aliphatic heterocycles. The van der Waals surface area contributed by atoms with Gasteiger partial charge in [0, 0.05) is 43.1 Å². The zero-order valence-corrected chi connectivity index (χ0v) is 16.9. The molecule has 6 nitrogen and oxygen atoms in total. The minimum absolute atomic E-state index is 0.0475. The van der Waals surface area contributed by atoms with Gasteiger partial charge in [-0.25, -0.2) is 4.68 Å². The van der Waals surface area contributed by atoms with Crippen molar-refractivity contribution in [2.24, 2.45) is 5.92 Å². The highest BCUT2D eigenvalue weighted by atomic mass is 79.9. The molecule has 2 aliphatic carbocycles. The van der Waals surface area contributed by atoms with Crippen LogP contribution >= 0.6 is 15.9 Å². The van der Waals surface area contributed by atoms with Crippen LogP contribution < -0.4 is 0 Å². The summed E-state index contributed by atoms with van der Waals surface area (Å²) >= 11 is 3.47. The van der Waals surface area contributed by atoms with Crippen molar-refractivity contribution in [1.82, 2.24) is 24.8 Å². The van der Waals surface area contributed by atoms with Gasteiger partial charge in [-0.15, -0.1) is 5.10 Å². The summed E-state index contributed by atoms with van der Waals surface area (Å²) in [6, 6.07) is 8.01. The summed E-state index contributed by atoms with van der Waals surface area (Å²) in [6.07, 6.45) is 4.98. The van der Waals surface area contributed by atoms with Crippen molar-refractivity contribution in [3.8, 4) is 5.69 Å². The van der Waals surface area contributed by atoms with Crippen LogP contribution in [0.3, 0.4) is 0 Å². The van der Waals surface area contributed by atoms with Crippen molar-refractivity contribution < 1.29 is 4.79 Å². The number of hydrogen-bond acceptors (Lipinski definition) is 4. The Morgan fingerprint density at radius 1 is 1.04 bits per heavy atom. The molecule has 0 radical (unpaired) electrons. The van der Waals surface area contributed by atoms with Crippen molar-refractivity contribution in [2.45, 2.75) is 31.6 Å². The number of hydrogen-bond donors (Lipinski definition) is 0. The number of nitrogens with zero attached hydrogens (tertiary/aromatic N) is 5. The van der Waals surface area contributed by atoms with Gasteiger partial charge in [-0.1, -0.05) is 21.1 Å². The van der Waals surface area contributed by atoms with Gasteiger partial charge in [0.25, 0.3) is 5.91 Å². The lowest BCUT2D eigenvalue weighted by molar-refractivity contribution is 0.0625. The largest absolute Gasteiger partial charge is 0.335 e. The standard InChI is InChI=1S/C20H24BrN5O/c21-16-5-7-17(8-6-16)26-19(15-3-4-15)18(22-23-26)20(27)25-11-9-24(10-12-25)13-14-1-2-14/h5-8,14-15H,1-4,9-13H2. The van der Waals surface area contributed by atoms with Crippen molar-refractivity contribution in [1.29, 1.82) is 0 Å². The number of amides is 1. The highest BCUT2D eigenvalue weighted by Gasteiger charge is 2.36. The quantitative estimate of drug-likeness (QED) is 0.732. The van der Waals surface area contributed by atoms with Crippen molar-refractivity contribution in [2.75, 3.05) is 32.7 Å². The molecule has 0 atom stereocenters. The molecule has 0 spiro atoms. The van der Waals surface area contributed by atoms with E-state index in [0.717, 1.165) is 60.8 Å². The van der Waals surface area contributed by atoms with Gasteiger partial charge in [-0.3, -0.25) is 9.69 Å². The van der Waals surface area contributed by atoms with Crippen LogP contribution in [0.15, 0.2) is 28.7 Å². The predicted molar refractivity (Wildman–Crippen MR) is 106 cm³/mol. The molecule has 2 aromatic rings. The number of aromatic nitrogens is 3. The molecule has 0 bridgehead atoms. The second-order valence-electron chi connectivity index (χ2n) is 8.02. The predicted octanol–water partition coefficient (Wildman–Crippen LogP) is 3.08. The molecule has 2 heterocycles. The first-order chi connectivity index (χ1) is 13.2. The molecule has 1 saturated heterocycles. The molecule has 1 aromatic heterocycles. The molecular formula is C20H24BrN5O. The first kappa shape index (κ1) is 17.4. The minimum Gasteiger partial charge on any atom is -0.335 e. The third-order valence-electron chi connectivity index (χ3n) is 5.82. The monoisotopic (exact) mass is 429 g/mol. The van der Waals surface area contributed by atoms with Crippen LogP contribution in [0.5, 0.6) is 0 Å². The smallest absolute Gasteiger partial charge is 0.276 e. The van der Waals surface area contributed by atoms with Crippen LogP contribution in [0.4, 0.5) is 0 Å². The van der Waals surface area contributed by atoms with E-state index in [1.54, 1.807) is 0 Å². The van der Waals surface area contributed by atoms with Crippen LogP contribution in [-0.2, 0) is 0 Å². The fraction of sp³-hybridized carbons (Fsp3) is 0.550. The molecule has 0 N–H and O–H groups in total. The van der Waals surface area contributed by atoms with Crippen molar-refractivity contribution >= 4 is 21.8 Å². The molecule has 7 heteroatoms. The molecule has 1 amide bonds. The number of piperazine rings is 1.